The van der Waals surface area contributed by atoms with Crippen molar-refractivity contribution in [2.45, 2.75) is 47.1 Å². The lowest BCUT2D eigenvalue weighted by atomic mass is 9.97. The molecular formula is C21H29N4O2S+. The van der Waals surface area contributed by atoms with Gasteiger partial charge in [-0.25, -0.2) is 4.98 Å². The maximum atomic E-state index is 12.5. The number of hydrogen-bond donors (Lipinski definition) is 2. The average Bonchev–Trinajstić information content (AvgIpc) is 3.05. The Hall–Kier alpha value is -2.25. The molecule has 1 aromatic carbocycles. The summed E-state index contributed by atoms with van der Waals surface area (Å²) in [6.07, 6.45) is 1.88. The Kier molecular flexibility index (Phi) is 6.15. The van der Waals surface area contributed by atoms with Crippen molar-refractivity contribution < 1.29 is 14.5 Å². The number of benzene rings is 1. The molecule has 2 amide bonds. The third kappa shape index (κ3) is 4.42. The number of hydrogen-bond acceptors (Lipinski definition) is 4. The van der Waals surface area contributed by atoms with Gasteiger partial charge in [-0.1, -0.05) is 17.7 Å². The van der Waals surface area contributed by atoms with E-state index < -0.39 is 0 Å². The number of nitrogens with zero attached hydrogens (tertiary/aromatic N) is 2. The zero-order valence-electron chi connectivity index (χ0n) is 17.0. The second-order valence-corrected chi connectivity index (χ2v) is 8.68. The third-order valence-corrected chi connectivity index (χ3v) is 6.23. The molecule has 1 aliphatic rings. The van der Waals surface area contributed by atoms with E-state index in [0.717, 1.165) is 55.0 Å². The predicted octanol–water partition coefficient (Wildman–Crippen LogP) is 2.03. The lowest BCUT2D eigenvalue weighted by Crippen LogP contribution is -3.12. The number of aryl methyl sites for hydroxylation is 3. The van der Waals surface area contributed by atoms with Crippen molar-refractivity contribution in [3.63, 3.8) is 0 Å². The topological polar surface area (TPSA) is 80.7 Å². The first-order chi connectivity index (χ1) is 13.3. The summed E-state index contributed by atoms with van der Waals surface area (Å²) in [6, 6.07) is 4.18. The van der Waals surface area contributed by atoms with Gasteiger partial charge in [-0.3, -0.25) is 14.5 Å². The summed E-state index contributed by atoms with van der Waals surface area (Å²) >= 11 is 1.49. The molecule has 2 heterocycles. The van der Waals surface area contributed by atoms with Crippen LogP contribution in [-0.2, 0) is 16.1 Å². The summed E-state index contributed by atoms with van der Waals surface area (Å²) < 4.78 is 0. The molecule has 0 aliphatic carbocycles. The Labute approximate surface area is 170 Å². The molecule has 1 aliphatic heterocycles. The van der Waals surface area contributed by atoms with E-state index in [1.165, 1.54) is 21.8 Å². The molecule has 0 saturated carbocycles. The first-order valence-corrected chi connectivity index (χ1v) is 10.6. The van der Waals surface area contributed by atoms with Crippen LogP contribution in [0.1, 0.15) is 42.1 Å². The van der Waals surface area contributed by atoms with E-state index in [2.05, 4.69) is 19.1 Å². The second-order valence-electron chi connectivity index (χ2n) is 7.85. The molecular weight excluding hydrogens is 372 g/mol. The lowest BCUT2D eigenvalue weighted by Gasteiger charge is -2.27. The summed E-state index contributed by atoms with van der Waals surface area (Å²) in [6.45, 7) is 10.2. The van der Waals surface area contributed by atoms with E-state index in [9.17, 15) is 9.59 Å². The molecule has 1 aromatic heterocycles. The number of quaternary nitrogens is 1. The molecule has 2 atom stereocenters. The molecule has 1 fully saturated rings. The van der Waals surface area contributed by atoms with Crippen molar-refractivity contribution in [1.82, 2.24) is 4.98 Å². The van der Waals surface area contributed by atoms with E-state index in [4.69, 9.17) is 10.7 Å². The molecule has 3 rings (SSSR count). The van der Waals surface area contributed by atoms with Gasteiger partial charge in [0.15, 0.2) is 5.13 Å². The molecule has 28 heavy (non-hydrogen) atoms. The van der Waals surface area contributed by atoms with Crippen LogP contribution in [0.2, 0.25) is 0 Å². The number of thiazole rings is 1. The van der Waals surface area contributed by atoms with Crippen LogP contribution in [0.3, 0.4) is 0 Å². The zero-order valence-corrected chi connectivity index (χ0v) is 17.9. The van der Waals surface area contributed by atoms with Crippen LogP contribution in [0.5, 0.6) is 0 Å². The van der Waals surface area contributed by atoms with Gasteiger partial charge in [0.1, 0.15) is 12.2 Å². The van der Waals surface area contributed by atoms with Gasteiger partial charge < -0.3 is 10.6 Å². The molecule has 150 valence electrons. The van der Waals surface area contributed by atoms with Gasteiger partial charge in [0, 0.05) is 12.3 Å². The van der Waals surface area contributed by atoms with Gasteiger partial charge in [-0.05, 0) is 44.7 Å². The predicted molar refractivity (Wildman–Crippen MR) is 112 cm³/mol. The van der Waals surface area contributed by atoms with Crippen LogP contribution in [0.4, 0.5) is 10.8 Å². The molecule has 0 radical (unpaired) electrons. The number of aromatic nitrogens is 1. The monoisotopic (exact) mass is 401 g/mol. The van der Waals surface area contributed by atoms with Crippen LogP contribution in [0.25, 0.3) is 0 Å². The number of piperidine rings is 1. The van der Waals surface area contributed by atoms with Crippen molar-refractivity contribution in [1.29, 1.82) is 0 Å². The number of amides is 2. The van der Waals surface area contributed by atoms with Crippen molar-refractivity contribution in [3.8, 4) is 0 Å². The highest BCUT2D eigenvalue weighted by Crippen LogP contribution is 2.34. The number of nitrogens with two attached hydrogens (primary N) is 1. The highest BCUT2D eigenvalue weighted by molar-refractivity contribution is 7.14. The second kappa shape index (κ2) is 8.41. The highest BCUT2D eigenvalue weighted by atomic mass is 32.1. The van der Waals surface area contributed by atoms with E-state index in [1.54, 1.807) is 11.8 Å². The quantitative estimate of drug-likeness (QED) is 0.804. The minimum atomic E-state index is -0.204. The van der Waals surface area contributed by atoms with Gasteiger partial charge >= 0.3 is 0 Å². The number of likely N-dealkylation sites (tertiary alicyclic amines) is 1. The number of carbonyl (C=O) groups excluding carboxylic acids is 2. The maximum absolute atomic E-state index is 12.5. The number of rotatable bonds is 5. The Morgan fingerprint density at radius 3 is 2.57 bits per heavy atom. The van der Waals surface area contributed by atoms with Crippen LogP contribution in [-0.4, -0.2) is 29.9 Å². The summed E-state index contributed by atoms with van der Waals surface area (Å²) in [5.74, 6) is -0.298. The standard InChI is InChI=1S/C21H28N4O2S/c1-13-8-14(2)19(15(3)9-13)25(16(4)26)21-23-18(12-28-21)11-24-7-5-6-17(10-24)20(22)27/h8-9,12,17H,5-7,10-11H2,1-4H3,(H2,22,27)/p+1/t17-/m1/s1. The van der Waals surface area contributed by atoms with Crippen LogP contribution in [0.15, 0.2) is 17.5 Å². The van der Waals surface area contributed by atoms with Gasteiger partial charge in [-0.15, -0.1) is 11.3 Å². The third-order valence-electron chi connectivity index (χ3n) is 5.36. The number of anilines is 2. The first kappa shape index (κ1) is 20.5. The van der Waals surface area contributed by atoms with Gasteiger partial charge in [-0.2, -0.15) is 0 Å². The lowest BCUT2D eigenvalue weighted by molar-refractivity contribution is -0.921. The summed E-state index contributed by atoms with van der Waals surface area (Å²) in [5, 5.41) is 2.71. The van der Waals surface area contributed by atoms with Crippen molar-refractivity contribution in [3.05, 3.63) is 39.9 Å². The van der Waals surface area contributed by atoms with E-state index >= 15 is 0 Å². The SMILES string of the molecule is CC(=O)N(c1nc(C[NH+]2CCC[C@@H](C(N)=O)C2)cs1)c1c(C)cc(C)cc1C. The first-order valence-electron chi connectivity index (χ1n) is 9.72. The molecule has 1 unspecified atom stereocenters. The smallest absolute Gasteiger partial charge is 0.230 e. The normalized spacial score (nSPS) is 19.4. The van der Waals surface area contributed by atoms with Crippen LogP contribution >= 0.6 is 11.3 Å². The number of nitrogens with one attached hydrogen (secondary N) is 1. The largest absolute Gasteiger partial charge is 0.369 e. The Balaban J connectivity index is 1.83. The van der Waals surface area contributed by atoms with Crippen molar-refractivity contribution >= 4 is 34.0 Å². The summed E-state index contributed by atoms with van der Waals surface area (Å²) in [7, 11) is 0. The molecule has 2 aromatic rings. The Morgan fingerprint density at radius 2 is 1.96 bits per heavy atom. The van der Waals surface area contributed by atoms with Gasteiger partial charge in [0.2, 0.25) is 11.8 Å². The van der Waals surface area contributed by atoms with E-state index in [0.29, 0.717) is 5.13 Å². The highest BCUT2D eigenvalue weighted by Gasteiger charge is 2.28. The fourth-order valence-electron chi connectivity index (χ4n) is 4.20. The Bertz CT molecular complexity index is 869. The van der Waals surface area contributed by atoms with Crippen molar-refractivity contribution in [2.75, 3.05) is 18.0 Å². The molecule has 6 nitrogen and oxygen atoms in total. The summed E-state index contributed by atoms with van der Waals surface area (Å²) in [4.78, 5) is 31.8. The molecule has 1 saturated heterocycles. The molecule has 0 spiro atoms. The van der Waals surface area contributed by atoms with Gasteiger partial charge in [0.25, 0.3) is 0 Å². The fourth-order valence-corrected chi connectivity index (χ4v) is 5.08. The van der Waals surface area contributed by atoms with E-state index in [1.807, 2.05) is 19.2 Å². The zero-order chi connectivity index (χ0) is 20.4. The fraction of sp³-hybridized carbons (Fsp3) is 0.476. The van der Waals surface area contributed by atoms with Crippen molar-refractivity contribution in [2.24, 2.45) is 11.7 Å². The maximum Gasteiger partial charge on any atom is 0.230 e. The van der Waals surface area contributed by atoms with Gasteiger partial charge in [0.05, 0.1) is 24.7 Å². The molecule has 7 heteroatoms. The minimum absolute atomic E-state index is 0.0462. The Morgan fingerprint density at radius 1 is 1.29 bits per heavy atom. The average molecular weight is 402 g/mol. The van der Waals surface area contributed by atoms with Crippen LogP contribution < -0.4 is 15.5 Å². The number of primary amides is 1. The van der Waals surface area contributed by atoms with Crippen LogP contribution in [0, 0.1) is 26.7 Å². The minimum Gasteiger partial charge on any atom is -0.369 e. The number of carbonyl (C=O) groups is 2. The van der Waals surface area contributed by atoms with E-state index in [-0.39, 0.29) is 17.7 Å². The molecule has 0 bridgehead atoms. The molecule has 3 N–H and O–H groups in total. The summed E-state index contributed by atoms with van der Waals surface area (Å²) in [5.41, 5.74) is 10.7.